The van der Waals surface area contributed by atoms with Gasteiger partial charge in [0.1, 0.15) is 12.3 Å². The minimum Gasteiger partial charge on any atom is -0.382 e. The maximum absolute atomic E-state index is 13.0. The molecule has 0 aliphatic carbocycles. The molecule has 1 aliphatic heterocycles. The predicted octanol–water partition coefficient (Wildman–Crippen LogP) is 3.19. The zero-order valence-corrected chi connectivity index (χ0v) is 20.9. The molecule has 0 N–H and O–H groups in total. The Bertz CT molecular complexity index is 884. The highest BCUT2D eigenvalue weighted by Crippen LogP contribution is 2.30. The molecule has 9 heteroatoms. The van der Waals surface area contributed by atoms with Crippen molar-refractivity contribution < 1.29 is 23.8 Å². The second-order valence-electron chi connectivity index (χ2n) is 8.19. The van der Waals surface area contributed by atoms with Crippen LogP contribution in [0.5, 0.6) is 0 Å². The minimum atomic E-state index is -0.0372. The van der Waals surface area contributed by atoms with Gasteiger partial charge in [-0.3, -0.25) is 9.59 Å². The number of carbonyl (C=O) groups excluding carboxylic acids is 2. The van der Waals surface area contributed by atoms with Crippen molar-refractivity contribution in [2.24, 2.45) is 0 Å². The second kappa shape index (κ2) is 14.2. The third-order valence-corrected chi connectivity index (χ3v) is 6.86. The van der Waals surface area contributed by atoms with Gasteiger partial charge in [-0.2, -0.15) is 0 Å². The predicted molar refractivity (Wildman–Crippen MR) is 131 cm³/mol. The molecule has 0 unspecified atom stereocenters. The number of methoxy groups -OCH3 is 1. The maximum Gasteiger partial charge on any atom is 0.273 e. The number of benzene rings is 1. The molecule has 0 bridgehead atoms. The number of aromatic nitrogens is 1. The fourth-order valence-electron chi connectivity index (χ4n) is 3.86. The lowest BCUT2D eigenvalue weighted by atomic mass is 9.97. The molecule has 1 aromatic carbocycles. The Morgan fingerprint density at radius 2 is 1.79 bits per heavy atom. The molecular weight excluding hydrogens is 454 g/mol. The molecule has 0 radical (unpaired) electrons. The zero-order valence-electron chi connectivity index (χ0n) is 20.1. The summed E-state index contributed by atoms with van der Waals surface area (Å²) in [6.45, 7) is 6.52. The van der Waals surface area contributed by atoms with Crippen molar-refractivity contribution in [3.8, 4) is 0 Å². The van der Waals surface area contributed by atoms with Gasteiger partial charge in [0.25, 0.3) is 5.91 Å². The van der Waals surface area contributed by atoms with Crippen molar-refractivity contribution in [3.63, 3.8) is 0 Å². The molecule has 1 aliphatic rings. The van der Waals surface area contributed by atoms with E-state index in [-0.39, 0.29) is 24.3 Å². The van der Waals surface area contributed by atoms with Crippen LogP contribution in [0, 0.1) is 0 Å². The van der Waals surface area contributed by atoms with Crippen LogP contribution in [-0.2, 0) is 25.5 Å². The monoisotopic (exact) mass is 489 g/mol. The smallest absolute Gasteiger partial charge is 0.273 e. The molecule has 2 aromatic rings. The van der Waals surface area contributed by atoms with Gasteiger partial charge in [-0.05, 0) is 25.3 Å². The average molecular weight is 490 g/mol. The number of amides is 2. The van der Waals surface area contributed by atoms with E-state index in [1.165, 1.54) is 0 Å². The van der Waals surface area contributed by atoms with E-state index in [1.807, 2.05) is 52.4 Å². The van der Waals surface area contributed by atoms with Crippen LogP contribution in [0.4, 0.5) is 0 Å². The molecule has 186 valence electrons. The largest absolute Gasteiger partial charge is 0.382 e. The number of hydrogen-bond donors (Lipinski definition) is 0. The molecule has 2 amide bonds. The first-order valence-electron chi connectivity index (χ1n) is 11.8. The highest BCUT2D eigenvalue weighted by atomic mass is 32.1. The Morgan fingerprint density at radius 3 is 2.50 bits per heavy atom. The summed E-state index contributed by atoms with van der Waals surface area (Å²) in [5.74, 6) is 0.240. The van der Waals surface area contributed by atoms with Crippen molar-refractivity contribution in [2.45, 2.75) is 32.2 Å². The van der Waals surface area contributed by atoms with Crippen LogP contribution < -0.4 is 0 Å². The normalized spacial score (nSPS) is 14.4. The number of nitrogens with zero attached hydrogens (tertiary/aromatic N) is 3. The molecule has 1 fully saturated rings. The summed E-state index contributed by atoms with van der Waals surface area (Å²) < 4.78 is 15.7. The number of likely N-dealkylation sites (tertiary alicyclic amines) is 1. The van der Waals surface area contributed by atoms with Gasteiger partial charge >= 0.3 is 0 Å². The average Bonchev–Trinajstić information content (AvgIpc) is 3.37. The second-order valence-corrected chi connectivity index (χ2v) is 9.08. The van der Waals surface area contributed by atoms with Crippen molar-refractivity contribution in [1.29, 1.82) is 0 Å². The molecular formula is C25H35N3O5S. The summed E-state index contributed by atoms with van der Waals surface area (Å²) in [5.41, 5.74) is 1.62. The Kier molecular flexibility index (Phi) is 10.9. The summed E-state index contributed by atoms with van der Waals surface area (Å²) in [6.07, 6.45) is 1.68. The highest BCUT2D eigenvalue weighted by molar-refractivity contribution is 7.09. The van der Waals surface area contributed by atoms with Crippen molar-refractivity contribution in [2.75, 3.05) is 59.8 Å². The Labute approximate surface area is 205 Å². The lowest BCUT2D eigenvalue weighted by Gasteiger charge is -2.31. The molecule has 3 rings (SSSR count). The van der Waals surface area contributed by atoms with E-state index in [2.05, 4.69) is 4.98 Å². The molecule has 0 saturated carbocycles. The molecule has 1 saturated heterocycles. The third kappa shape index (κ3) is 7.87. The Hall–Kier alpha value is -2.33. The van der Waals surface area contributed by atoms with Crippen LogP contribution in [0.25, 0.3) is 0 Å². The summed E-state index contributed by atoms with van der Waals surface area (Å²) in [6, 6.07) is 9.99. The van der Waals surface area contributed by atoms with E-state index in [0.29, 0.717) is 58.3 Å². The Balaban J connectivity index is 1.42. The quantitative estimate of drug-likeness (QED) is 0.402. The van der Waals surface area contributed by atoms with Gasteiger partial charge < -0.3 is 24.0 Å². The van der Waals surface area contributed by atoms with Crippen molar-refractivity contribution >= 4 is 23.2 Å². The SMILES string of the molecule is CCN(Cc1ccccc1)C(=O)c1csc(C2CCN(C(=O)COCCOCCOC)CC2)n1. The van der Waals surface area contributed by atoms with Crippen LogP contribution in [0.2, 0.25) is 0 Å². The van der Waals surface area contributed by atoms with Crippen molar-refractivity contribution in [3.05, 3.63) is 52.0 Å². The zero-order chi connectivity index (χ0) is 24.2. The summed E-state index contributed by atoms with van der Waals surface area (Å²) in [4.78, 5) is 33.8. The topological polar surface area (TPSA) is 81.2 Å². The van der Waals surface area contributed by atoms with Crippen LogP contribution in [0.1, 0.15) is 46.7 Å². The van der Waals surface area contributed by atoms with Gasteiger partial charge in [-0.1, -0.05) is 30.3 Å². The van der Waals surface area contributed by atoms with Crippen molar-refractivity contribution in [1.82, 2.24) is 14.8 Å². The van der Waals surface area contributed by atoms with E-state index >= 15 is 0 Å². The van der Waals surface area contributed by atoms with E-state index in [0.717, 1.165) is 23.4 Å². The van der Waals surface area contributed by atoms with Gasteiger partial charge in [0.05, 0.1) is 31.4 Å². The summed E-state index contributed by atoms with van der Waals surface area (Å²) in [5, 5.41) is 2.85. The fourth-order valence-corrected chi connectivity index (χ4v) is 4.82. The lowest BCUT2D eigenvalue weighted by molar-refractivity contribution is -0.137. The number of thiazole rings is 1. The number of hydrogen-bond acceptors (Lipinski definition) is 7. The fraction of sp³-hybridized carbons (Fsp3) is 0.560. The van der Waals surface area contributed by atoms with Gasteiger partial charge in [0.2, 0.25) is 5.91 Å². The number of ether oxygens (including phenoxy) is 3. The first kappa shape index (κ1) is 26.3. The number of rotatable bonds is 13. The standard InChI is InChI=1S/C25H35N3O5S/c1-3-27(17-20-7-5-4-6-8-20)25(30)22-19-34-24(26-22)21-9-11-28(12-10-21)23(29)18-33-16-15-32-14-13-31-2/h4-8,19,21H,3,9-18H2,1-2H3. The molecule has 8 nitrogen and oxygen atoms in total. The molecule has 34 heavy (non-hydrogen) atoms. The first-order chi connectivity index (χ1) is 16.6. The van der Waals surface area contributed by atoms with E-state index in [1.54, 1.807) is 18.4 Å². The lowest BCUT2D eigenvalue weighted by Crippen LogP contribution is -2.40. The first-order valence-corrected chi connectivity index (χ1v) is 12.7. The molecule has 0 atom stereocenters. The summed E-state index contributed by atoms with van der Waals surface area (Å²) in [7, 11) is 1.63. The molecule has 0 spiro atoms. The van der Waals surface area contributed by atoms with Crippen LogP contribution in [0.3, 0.4) is 0 Å². The number of piperidine rings is 1. The minimum absolute atomic E-state index is 0.00449. The van der Waals surface area contributed by atoms with E-state index in [4.69, 9.17) is 14.2 Å². The van der Waals surface area contributed by atoms with Gasteiger partial charge in [-0.25, -0.2) is 4.98 Å². The highest BCUT2D eigenvalue weighted by Gasteiger charge is 2.27. The third-order valence-electron chi connectivity index (χ3n) is 5.85. The van der Waals surface area contributed by atoms with Crippen LogP contribution >= 0.6 is 11.3 Å². The van der Waals surface area contributed by atoms with E-state index in [9.17, 15) is 9.59 Å². The molecule has 2 heterocycles. The molecule has 1 aromatic heterocycles. The summed E-state index contributed by atoms with van der Waals surface area (Å²) >= 11 is 1.54. The van der Waals surface area contributed by atoms with E-state index < -0.39 is 0 Å². The number of carbonyl (C=O) groups is 2. The Morgan fingerprint density at radius 1 is 1.09 bits per heavy atom. The maximum atomic E-state index is 13.0. The van der Waals surface area contributed by atoms with Gasteiger partial charge in [0.15, 0.2) is 0 Å². The van der Waals surface area contributed by atoms with Gasteiger partial charge in [0, 0.05) is 44.6 Å². The van der Waals surface area contributed by atoms with Crippen LogP contribution in [-0.4, -0.2) is 86.4 Å². The van der Waals surface area contributed by atoms with Crippen LogP contribution in [0.15, 0.2) is 35.7 Å². The van der Waals surface area contributed by atoms with Gasteiger partial charge in [-0.15, -0.1) is 11.3 Å².